The van der Waals surface area contributed by atoms with Gasteiger partial charge >= 0.3 is 0 Å². The van der Waals surface area contributed by atoms with Crippen LogP contribution in [0.2, 0.25) is 5.02 Å². The number of benzene rings is 1. The highest BCUT2D eigenvalue weighted by atomic mass is 35.5. The van der Waals surface area contributed by atoms with Gasteiger partial charge in [-0.1, -0.05) is 18.0 Å². The van der Waals surface area contributed by atoms with E-state index in [9.17, 15) is 10.1 Å². The first kappa shape index (κ1) is 17.8. The van der Waals surface area contributed by atoms with E-state index in [4.69, 9.17) is 11.6 Å². The van der Waals surface area contributed by atoms with E-state index in [2.05, 4.69) is 16.7 Å². The lowest BCUT2D eigenvalue weighted by Gasteiger charge is -2.15. The number of hydrogen-bond donors (Lipinski definition) is 2. The van der Waals surface area contributed by atoms with Crippen LogP contribution in [0.3, 0.4) is 0 Å². The Morgan fingerprint density at radius 2 is 1.96 bits per heavy atom. The maximum absolute atomic E-state index is 12.5. The van der Waals surface area contributed by atoms with Crippen LogP contribution in [0.1, 0.15) is 42.2 Å². The van der Waals surface area contributed by atoms with E-state index in [0.717, 1.165) is 36.9 Å². The number of aryl methyl sites for hydroxylation is 1. The Balaban J connectivity index is 1.72. The molecule has 130 valence electrons. The van der Waals surface area contributed by atoms with Crippen molar-refractivity contribution >= 4 is 39.5 Å². The number of carbonyl (C=O) groups excluding carboxylic acids is 1. The van der Waals surface area contributed by atoms with E-state index in [0.29, 0.717) is 15.6 Å². The Morgan fingerprint density at radius 1 is 1.24 bits per heavy atom. The lowest BCUT2D eigenvalue weighted by Crippen LogP contribution is -2.31. The first-order valence-electron chi connectivity index (χ1n) is 8.46. The van der Waals surface area contributed by atoms with Crippen molar-refractivity contribution in [3.63, 3.8) is 0 Å². The van der Waals surface area contributed by atoms with Gasteiger partial charge in [-0.3, -0.25) is 4.79 Å². The van der Waals surface area contributed by atoms with Gasteiger partial charge in [0.15, 0.2) is 0 Å². The molecular formula is C19H20ClN3OS. The summed E-state index contributed by atoms with van der Waals surface area (Å²) in [4.78, 5) is 13.8. The molecule has 0 saturated heterocycles. The standard InChI is InChI=1S/C19H20ClN3OS/c1-12(22-14-9-7-13(20)8-10-14)18(24)23-19-16(11-21)15-5-3-2-4-6-17(15)25-19/h7-10,12,22H,2-6H2,1H3,(H,23,24)/t12-/m1/s1. The zero-order valence-electron chi connectivity index (χ0n) is 14.1. The second kappa shape index (κ2) is 7.90. The van der Waals surface area contributed by atoms with Crippen molar-refractivity contribution in [2.24, 2.45) is 0 Å². The molecule has 1 aromatic carbocycles. The van der Waals surface area contributed by atoms with Gasteiger partial charge in [-0.15, -0.1) is 11.3 Å². The zero-order valence-corrected chi connectivity index (χ0v) is 15.6. The zero-order chi connectivity index (χ0) is 17.8. The molecule has 1 aromatic heterocycles. The van der Waals surface area contributed by atoms with Gasteiger partial charge in [0, 0.05) is 15.6 Å². The molecule has 1 atom stereocenters. The van der Waals surface area contributed by atoms with Crippen molar-refractivity contribution in [3.05, 3.63) is 45.3 Å². The number of nitrogens with one attached hydrogen (secondary N) is 2. The van der Waals surface area contributed by atoms with Crippen LogP contribution in [0.5, 0.6) is 0 Å². The maximum Gasteiger partial charge on any atom is 0.247 e. The van der Waals surface area contributed by atoms with Crippen LogP contribution in [0.4, 0.5) is 10.7 Å². The minimum absolute atomic E-state index is 0.150. The number of fused-ring (bicyclic) bond motifs is 1. The fourth-order valence-electron chi connectivity index (χ4n) is 3.03. The summed E-state index contributed by atoms with van der Waals surface area (Å²) in [6, 6.07) is 9.09. The summed E-state index contributed by atoms with van der Waals surface area (Å²) >= 11 is 7.43. The highest BCUT2D eigenvalue weighted by Gasteiger charge is 2.22. The summed E-state index contributed by atoms with van der Waals surface area (Å²) in [7, 11) is 0. The van der Waals surface area contributed by atoms with E-state index in [-0.39, 0.29) is 5.91 Å². The van der Waals surface area contributed by atoms with Gasteiger partial charge in [0.25, 0.3) is 0 Å². The molecule has 0 fully saturated rings. The van der Waals surface area contributed by atoms with Gasteiger partial charge in [-0.2, -0.15) is 5.26 Å². The summed E-state index contributed by atoms with van der Waals surface area (Å²) in [5.41, 5.74) is 2.61. The molecule has 0 spiro atoms. The number of hydrogen-bond acceptors (Lipinski definition) is 4. The molecule has 2 aromatic rings. The van der Waals surface area contributed by atoms with Crippen LogP contribution in [0, 0.1) is 11.3 Å². The summed E-state index contributed by atoms with van der Waals surface area (Å²) < 4.78 is 0. The van der Waals surface area contributed by atoms with E-state index < -0.39 is 6.04 Å². The number of thiophene rings is 1. The monoisotopic (exact) mass is 373 g/mol. The highest BCUT2D eigenvalue weighted by Crippen LogP contribution is 2.37. The van der Waals surface area contributed by atoms with Crippen molar-refractivity contribution in [3.8, 4) is 6.07 Å². The third kappa shape index (κ3) is 4.15. The number of halogens is 1. The summed E-state index contributed by atoms with van der Waals surface area (Å²) in [6.07, 6.45) is 5.41. The van der Waals surface area contributed by atoms with Gasteiger partial charge in [0.1, 0.15) is 17.1 Å². The molecule has 0 aliphatic heterocycles. The summed E-state index contributed by atoms with van der Waals surface area (Å²) in [5, 5.41) is 17.0. The maximum atomic E-state index is 12.5. The second-order valence-electron chi connectivity index (χ2n) is 6.24. The smallest absolute Gasteiger partial charge is 0.247 e. The van der Waals surface area contributed by atoms with Crippen LogP contribution >= 0.6 is 22.9 Å². The van der Waals surface area contributed by atoms with Gasteiger partial charge < -0.3 is 10.6 Å². The second-order valence-corrected chi connectivity index (χ2v) is 7.78. The Hall–Kier alpha value is -2.03. The normalized spacial score (nSPS) is 14.8. The number of amides is 1. The summed E-state index contributed by atoms with van der Waals surface area (Å²) in [5.74, 6) is -0.150. The number of carbonyl (C=O) groups is 1. The predicted molar refractivity (Wildman–Crippen MR) is 103 cm³/mol. The Kier molecular flexibility index (Phi) is 5.62. The molecule has 0 unspecified atom stereocenters. The number of nitriles is 1. The van der Waals surface area contributed by atoms with Crippen LogP contribution in [0.25, 0.3) is 0 Å². The van der Waals surface area contributed by atoms with Gasteiger partial charge in [-0.05, 0) is 62.4 Å². The first-order valence-corrected chi connectivity index (χ1v) is 9.65. The molecule has 1 heterocycles. The van der Waals surface area contributed by atoms with Crippen molar-refractivity contribution < 1.29 is 4.79 Å². The van der Waals surface area contributed by atoms with E-state index in [1.165, 1.54) is 11.3 Å². The molecule has 25 heavy (non-hydrogen) atoms. The van der Waals surface area contributed by atoms with Crippen LogP contribution in [-0.2, 0) is 17.6 Å². The molecular weight excluding hydrogens is 354 g/mol. The first-order chi connectivity index (χ1) is 12.1. The SMILES string of the molecule is C[C@@H](Nc1ccc(Cl)cc1)C(=O)Nc1sc2c(c1C#N)CCCCC2. The number of nitrogens with zero attached hydrogens (tertiary/aromatic N) is 1. The van der Waals surface area contributed by atoms with Crippen LogP contribution in [-0.4, -0.2) is 11.9 Å². The molecule has 0 radical (unpaired) electrons. The van der Waals surface area contributed by atoms with E-state index in [1.807, 2.05) is 12.1 Å². The fourth-order valence-corrected chi connectivity index (χ4v) is 4.40. The Bertz CT molecular complexity index is 807. The van der Waals surface area contributed by atoms with Gasteiger partial charge in [-0.25, -0.2) is 0 Å². The summed E-state index contributed by atoms with van der Waals surface area (Å²) in [6.45, 7) is 1.80. The molecule has 1 amide bonds. The third-order valence-corrected chi connectivity index (χ3v) is 5.85. The molecule has 0 saturated carbocycles. The highest BCUT2D eigenvalue weighted by molar-refractivity contribution is 7.16. The minimum atomic E-state index is -0.422. The lowest BCUT2D eigenvalue weighted by atomic mass is 10.1. The molecule has 6 heteroatoms. The minimum Gasteiger partial charge on any atom is -0.374 e. The molecule has 1 aliphatic rings. The van der Waals surface area contributed by atoms with Crippen molar-refractivity contribution in [1.82, 2.24) is 0 Å². The van der Waals surface area contributed by atoms with Crippen LogP contribution in [0.15, 0.2) is 24.3 Å². The average molecular weight is 374 g/mol. The quantitative estimate of drug-likeness (QED) is 0.742. The number of anilines is 2. The predicted octanol–water partition coefficient (Wildman–Crippen LogP) is 4.98. The topological polar surface area (TPSA) is 64.9 Å². The number of rotatable bonds is 4. The average Bonchev–Trinajstić information content (AvgIpc) is 2.76. The largest absolute Gasteiger partial charge is 0.374 e. The van der Waals surface area contributed by atoms with Crippen molar-refractivity contribution in [1.29, 1.82) is 5.26 Å². The van der Waals surface area contributed by atoms with Crippen molar-refractivity contribution in [2.75, 3.05) is 10.6 Å². The Morgan fingerprint density at radius 3 is 2.68 bits per heavy atom. The Labute approximate surface area is 156 Å². The molecule has 3 rings (SSSR count). The third-order valence-electron chi connectivity index (χ3n) is 4.39. The van der Waals surface area contributed by atoms with E-state index >= 15 is 0 Å². The van der Waals surface area contributed by atoms with Crippen molar-refractivity contribution in [2.45, 2.75) is 45.1 Å². The molecule has 1 aliphatic carbocycles. The van der Waals surface area contributed by atoms with Gasteiger partial charge in [0.05, 0.1) is 5.56 Å². The van der Waals surface area contributed by atoms with Gasteiger partial charge in [0.2, 0.25) is 5.91 Å². The molecule has 4 nitrogen and oxygen atoms in total. The van der Waals surface area contributed by atoms with Crippen LogP contribution < -0.4 is 10.6 Å². The molecule has 2 N–H and O–H groups in total. The van der Waals surface area contributed by atoms with E-state index in [1.54, 1.807) is 30.4 Å². The lowest BCUT2D eigenvalue weighted by molar-refractivity contribution is -0.116. The fraction of sp³-hybridized carbons (Fsp3) is 0.368. The molecule has 0 bridgehead atoms.